The number of thioether (sulfide) groups is 1. The van der Waals surface area contributed by atoms with E-state index < -0.39 is 14.6 Å². The van der Waals surface area contributed by atoms with Gasteiger partial charge < -0.3 is 13.9 Å². The molecule has 0 radical (unpaired) electrons. The van der Waals surface area contributed by atoms with Crippen molar-refractivity contribution in [3.8, 4) is 0 Å². The van der Waals surface area contributed by atoms with Gasteiger partial charge in [0.25, 0.3) is 0 Å². The topological polar surface area (TPSA) is 44.8 Å². The van der Waals surface area contributed by atoms with E-state index in [1.54, 1.807) is 11.8 Å². The molecule has 1 aliphatic carbocycles. The Morgan fingerprint density at radius 3 is 2.54 bits per heavy atom. The van der Waals surface area contributed by atoms with Crippen LogP contribution in [0.15, 0.2) is 35.2 Å². The number of esters is 1. The number of rotatable bonds is 5. The molecule has 1 aromatic carbocycles. The van der Waals surface area contributed by atoms with E-state index in [0.29, 0.717) is 0 Å². The molecule has 28 heavy (non-hydrogen) atoms. The maximum absolute atomic E-state index is 11.7. The average Bonchev–Trinajstić information content (AvgIpc) is 3.11. The molecule has 156 valence electrons. The van der Waals surface area contributed by atoms with Crippen molar-refractivity contribution in [2.75, 3.05) is 0 Å². The summed E-state index contributed by atoms with van der Waals surface area (Å²) in [6.07, 6.45) is 3.48. The van der Waals surface area contributed by atoms with Crippen molar-refractivity contribution < 1.29 is 18.7 Å². The minimum atomic E-state index is -1.91. The lowest BCUT2D eigenvalue weighted by molar-refractivity contribution is -0.195. The molecule has 6 heteroatoms. The number of hydrogen-bond donors (Lipinski definition) is 0. The molecule has 1 aliphatic heterocycles. The Labute approximate surface area is 174 Å². The molecule has 1 spiro atoms. The number of hydrogen-bond acceptors (Lipinski definition) is 5. The normalized spacial score (nSPS) is 30.7. The average molecular weight is 423 g/mol. The Kier molecular flexibility index (Phi) is 6.35. The number of benzene rings is 1. The molecule has 2 aliphatic rings. The van der Waals surface area contributed by atoms with Crippen LogP contribution in [0.5, 0.6) is 0 Å². The molecule has 1 unspecified atom stereocenters. The third-order valence-corrected chi connectivity index (χ3v) is 12.1. The standard InChI is InChI=1S/C22H34O4SSi/c1-16(23)24-20-18(27-17-11-8-7-9-12-17)15-22(25-20)14-10-13-19(22)26-28(5,6)21(2,3)4/h7-9,11-12,18-20H,10,13-15H2,1-6H3/t18-,19+,20?,22-/m0/s1. The number of carbonyl (C=O) groups excluding carboxylic acids is 1. The van der Waals surface area contributed by atoms with E-state index in [1.807, 2.05) is 18.2 Å². The molecule has 2 fully saturated rings. The van der Waals surface area contributed by atoms with Gasteiger partial charge >= 0.3 is 5.97 Å². The minimum Gasteiger partial charge on any atom is -0.435 e. The molecule has 1 aromatic rings. The molecule has 1 heterocycles. The SMILES string of the molecule is CC(=O)OC1O[C@@]2(CCC[C@H]2O[Si](C)(C)C(C)(C)C)C[C@@H]1Sc1ccccc1. The van der Waals surface area contributed by atoms with Crippen molar-refractivity contribution in [1.29, 1.82) is 0 Å². The first-order valence-electron chi connectivity index (χ1n) is 10.3. The lowest BCUT2D eigenvalue weighted by Gasteiger charge is -2.42. The van der Waals surface area contributed by atoms with Crippen LogP contribution in [0.25, 0.3) is 0 Å². The van der Waals surface area contributed by atoms with Crippen LogP contribution in [0.3, 0.4) is 0 Å². The molecule has 4 nitrogen and oxygen atoms in total. The first-order valence-corrected chi connectivity index (χ1v) is 14.1. The monoisotopic (exact) mass is 422 g/mol. The van der Waals surface area contributed by atoms with Gasteiger partial charge in [-0.3, -0.25) is 4.79 Å². The lowest BCUT2D eigenvalue weighted by Crippen LogP contribution is -2.50. The largest absolute Gasteiger partial charge is 0.435 e. The Morgan fingerprint density at radius 2 is 1.93 bits per heavy atom. The Balaban J connectivity index is 1.81. The third kappa shape index (κ3) is 4.66. The highest BCUT2D eigenvalue weighted by Gasteiger charge is 2.57. The highest BCUT2D eigenvalue weighted by atomic mass is 32.2. The van der Waals surface area contributed by atoms with Crippen molar-refractivity contribution in [3.05, 3.63) is 30.3 Å². The van der Waals surface area contributed by atoms with E-state index in [2.05, 4.69) is 46.0 Å². The second-order valence-electron chi connectivity index (χ2n) is 9.59. The molecular weight excluding hydrogens is 388 g/mol. The van der Waals surface area contributed by atoms with Crippen LogP contribution >= 0.6 is 11.8 Å². The maximum Gasteiger partial charge on any atom is 0.304 e. The highest BCUT2D eigenvalue weighted by molar-refractivity contribution is 8.00. The maximum atomic E-state index is 11.7. The Morgan fingerprint density at radius 1 is 1.25 bits per heavy atom. The second kappa shape index (κ2) is 8.13. The summed E-state index contributed by atoms with van der Waals surface area (Å²) in [5.41, 5.74) is -0.345. The summed E-state index contributed by atoms with van der Waals surface area (Å²) in [5, 5.41) is 0.234. The molecule has 0 bridgehead atoms. The van der Waals surface area contributed by atoms with Crippen LogP contribution in [-0.2, 0) is 18.7 Å². The van der Waals surface area contributed by atoms with Crippen LogP contribution in [-0.4, -0.2) is 37.5 Å². The third-order valence-electron chi connectivity index (χ3n) is 6.41. The van der Waals surface area contributed by atoms with Gasteiger partial charge in [0.2, 0.25) is 6.29 Å². The summed E-state index contributed by atoms with van der Waals surface area (Å²) in [4.78, 5) is 12.9. The Hall–Kier alpha value is -0.823. The van der Waals surface area contributed by atoms with Gasteiger partial charge in [0.1, 0.15) is 0 Å². The van der Waals surface area contributed by atoms with Gasteiger partial charge in [-0.1, -0.05) is 39.0 Å². The van der Waals surface area contributed by atoms with E-state index in [-0.39, 0.29) is 28.0 Å². The first-order chi connectivity index (χ1) is 13.0. The molecule has 1 saturated carbocycles. The van der Waals surface area contributed by atoms with Crippen LogP contribution in [0.2, 0.25) is 18.1 Å². The molecule has 4 atom stereocenters. The Bertz CT molecular complexity index is 688. The van der Waals surface area contributed by atoms with Crippen molar-refractivity contribution in [1.82, 2.24) is 0 Å². The van der Waals surface area contributed by atoms with Crippen molar-refractivity contribution in [3.63, 3.8) is 0 Å². The highest BCUT2D eigenvalue weighted by Crippen LogP contribution is 2.51. The van der Waals surface area contributed by atoms with Gasteiger partial charge in [0.05, 0.1) is 17.0 Å². The van der Waals surface area contributed by atoms with Crippen molar-refractivity contribution in [2.45, 2.75) is 99.7 Å². The van der Waals surface area contributed by atoms with Gasteiger partial charge in [-0.25, -0.2) is 0 Å². The van der Waals surface area contributed by atoms with Gasteiger partial charge in [-0.05, 0) is 55.9 Å². The molecule has 0 aromatic heterocycles. The zero-order valence-corrected chi connectivity index (χ0v) is 19.8. The van der Waals surface area contributed by atoms with Gasteiger partial charge in [-0.15, -0.1) is 11.8 Å². The zero-order chi connectivity index (χ0) is 20.6. The van der Waals surface area contributed by atoms with Crippen LogP contribution < -0.4 is 0 Å². The fourth-order valence-corrected chi connectivity index (χ4v) is 6.55. The quantitative estimate of drug-likeness (QED) is 0.445. The molecule has 0 amide bonds. The van der Waals surface area contributed by atoms with E-state index in [1.165, 1.54) is 11.8 Å². The van der Waals surface area contributed by atoms with Crippen LogP contribution in [0, 0.1) is 0 Å². The fraction of sp³-hybridized carbons (Fsp3) is 0.682. The summed E-state index contributed by atoms with van der Waals surface area (Å²) >= 11 is 1.74. The second-order valence-corrected chi connectivity index (χ2v) is 15.7. The number of ether oxygens (including phenoxy) is 2. The molecular formula is C22H34O4SSi. The summed E-state index contributed by atoms with van der Waals surface area (Å²) in [5.74, 6) is -0.291. The first kappa shape index (κ1) is 21.9. The summed E-state index contributed by atoms with van der Waals surface area (Å²) < 4.78 is 18.9. The predicted octanol–water partition coefficient (Wildman–Crippen LogP) is 5.77. The van der Waals surface area contributed by atoms with Crippen LogP contribution in [0.1, 0.15) is 53.4 Å². The van der Waals surface area contributed by atoms with E-state index >= 15 is 0 Å². The van der Waals surface area contributed by atoms with E-state index in [4.69, 9.17) is 13.9 Å². The van der Waals surface area contributed by atoms with E-state index in [0.717, 1.165) is 25.7 Å². The van der Waals surface area contributed by atoms with Crippen molar-refractivity contribution in [2.24, 2.45) is 0 Å². The van der Waals surface area contributed by atoms with Crippen molar-refractivity contribution >= 4 is 26.0 Å². The molecule has 0 N–H and O–H groups in total. The zero-order valence-electron chi connectivity index (χ0n) is 18.0. The summed E-state index contributed by atoms with van der Waals surface area (Å²) in [6.45, 7) is 12.9. The molecule has 1 saturated heterocycles. The van der Waals surface area contributed by atoms with Gasteiger partial charge in [0, 0.05) is 11.8 Å². The smallest absolute Gasteiger partial charge is 0.304 e. The minimum absolute atomic E-state index is 0.0767. The number of carbonyl (C=O) groups is 1. The summed E-state index contributed by atoms with van der Waals surface area (Å²) in [6, 6.07) is 10.3. The van der Waals surface area contributed by atoms with Gasteiger partial charge in [-0.2, -0.15) is 0 Å². The lowest BCUT2D eigenvalue weighted by atomic mass is 9.96. The van der Waals surface area contributed by atoms with E-state index in [9.17, 15) is 4.79 Å². The predicted molar refractivity (Wildman–Crippen MR) is 116 cm³/mol. The summed E-state index contributed by atoms with van der Waals surface area (Å²) in [7, 11) is -1.91. The molecule has 3 rings (SSSR count). The fourth-order valence-electron chi connectivity index (χ4n) is 3.90. The van der Waals surface area contributed by atoms with Crippen LogP contribution in [0.4, 0.5) is 0 Å². The van der Waals surface area contributed by atoms with Gasteiger partial charge in [0.15, 0.2) is 8.32 Å².